The second kappa shape index (κ2) is 4.94. The molecule has 1 aliphatic heterocycles. The van der Waals surface area contributed by atoms with E-state index in [0.29, 0.717) is 26.1 Å². The van der Waals surface area contributed by atoms with Crippen LogP contribution in [0.2, 0.25) is 0 Å². The maximum Gasteiger partial charge on any atom is 0.137 e. The highest BCUT2D eigenvalue weighted by Crippen LogP contribution is 2.13. The highest BCUT2D eigenvalue weighted by Gasteiger charge is 2.20. The molecule has 3 nitrogen and oxygen atoms in total. The van der Waals surface area contributed by atoms with E-state index >= 15 is 0 Å². The van der Waals surface area contributed by atoms with Gasteiger partial charge in [-0.1, -0.05) is 18.2 Å². The van der Waals surface area contributed by atoms with Crippen molar-refractivity contribution in [2.75, 3.05) is 13.2 Å². The van der Waals surface area contributed by atoms with Crippen molar-refractivity contribution in [2.24, 2.45) is 0 Å². The lowest BCUT2D eigenvalue weighted by molar-refractivity contribution is -0.129. The fraction of sp³-hybridized carbons (Fsp3) is 0.417. The van der Waals surface area contributed by atoms with Gasteiger partial charge in [0.15, 0.2) is 0 Å². The fourth-order valence-corrected chi connectivity index (χ4v) is 1.57. The average molecular weight is 206 g/mol. The van der Waals surface area contributed by atoms with E-state index in [0.717, 1.165) is 5.75 Å². The third-order valence-corrected chi connectivity index (χ3v) is 2.37. The number of benzene rings is 1. The molecule has 1 aliphatic rings. The van der Waals surface area contributed by atoms with Gasteiger partial charge in [0.05, 0.1) is 12.7 Å². The van der Waals surface area contributed by atoms with E-state index in [-0.39, 0.29) is 11.9 Å². The average Bonchev–Trinajstić information content (AvgIpc) is 2.28. The van der Waals surface area contributed by atoms with Crippen molar-refractivity contribution < 1.29 is 14.3 Å². The normalized spacial score (nSPS) is 21.3. The summed E-state index contributed by atoms with van der Waals surface area (Å²) in [4.78, 5) is 11.1. The standard InChI is InChI=1S/C12H14O3/c13-10-6-7-14-12(8-10)9-15-11-4-2-1-3-5-11/h1-5,12H,6-9H2. The van der Waals surface area contributed by atoms with E-state index < -0.39 is 0 Å². The molecule has 0 aliphatic carbocycles. The summed E-state index contributed by atoms with van der Waals surface area (Å²) in [5.41, 5.74) is 0. The molecule has 0 amide bonds. The van der Waals surface area contributed by atoms with Gasteiger partial charge in [0.1, 0.15) is 18.1 Å². The lowest BCUT2D eigenvalue weighted by Crippen LogP contribution is -2.30. The topological polar surface area (TPSA) is 35.5 Å². The number of hydrogen-bond donors (Lipinski definition) is 0. The number of Topliss-reactive ketones (excluding diaryl/α,β-unsaturated/α-hetero) is 1. The first-order chi connectivity index (χ1) is 7.34. The lowest BCUT2D eigenvalue weighted by Gasteiger charge is -2.21. The number of ether oxygens (including phenoxy) is 2. The largest absolute Gasteiger partial charge is 0.491 e. The molecular formula is C12H14O3. The van der Waals surface area contributed by atoms with Crippen LogP contribution >= 0.6 is 0 Å². The smallest absolute Gasteiger partial charge is 0.137 e. The van der Waals surface area contributed by atoms with Crippen molar-refractivity contribution in [3.63, 3.8) is 0 Å². The molecule has 1 aromatic rings. The Morgan fingerprint density at radius 1 is 1.33 bits per heavy atom. The fourth-order valence-electron chi connectivity index (χ4n) is 1.57. The van der Waals surface area contributed by atoms with Gasteiger partial charge in [0.2, 0.25) is 0 Å². The highest BCUT2D eigenvalue weighted by molar-refractivity contribution is 5.79. The summed E-state index contributed by atoms with van der Waals surface area (Å²) in [5, 5.41) is 0. The van der Waals surface area contributed by atoms with Gasteiger partial charge in [-0.15, -0.1) is 0 Å². The van der Waals surface area contributed by atoms with Crippen LogP contribution in [-0.2, 0) is 9.53 Å². The van der Waals surface area contributed by atoms with Crippen LogP contribution in [0.3, 0.4) is 0 Å². The Bertz CT molecular complexity index is 321. The van der Waals surface area contributed by atoms with Crippen molar-refractivity contribution in [3.8, 4) is 5.75 Å². The van der Waals surface area contributed by atoms with E-state index in [1.807, 2.05) is 30.3 Å². The summed E-state index contributed by atoms with van der Waals surface area (Å²) in [6.07, 6.45) is 0.945. The zero-order valence-electron chi connectivity index (χ0n) is 8.52. The SMILES string of the molecule is O=C1CCOC(COc2ccccc2)C1. The number of para-hydroxylation sites is 1. The Balaban J connectivity index is 1.80. The van der Waals surface area contributed by atoms with Crippen molar-refractivity contribution in [2.45, 2.75) is 18.9 Å². The Morgan fingerprint density at radius 3 is 2.87 bits per heavy atom. The van der Waals surface area contributed by atoms with E-state index in [1.54, 1.807) is 0 Å². The first kappa shape index (κ1) is 10.2. The molecule has 1 saturated heterocycles. The van der Waals surface area contributed by atoms with E-state index in [1.165, 1.54) is 0 Å². The quantitative estimate of drug-likeness (QED) is 0.756. The third kappa shape index (κ3) is 3.06. The minimum Gasteiger partial charge on any atom is -0.491 e. The summed E-state index contributed by atoms with van der Waals surface area (Å²) in [6.45, 7) is 0.984. The summed E-state index contributed by atoms with van der Waals surface area (Å²) in [7, 11) is 0. The third-order valence-electron chi connectivity index (χ3n) is 2.37. The van der Waals surface area contributed by atoms with Crippen molar-refractivity contribution in [3.05, 3.63) is 30.3 Å². The number of rotatable bonds is 3. The molecule has 3 heteroatoms. The lowest BCUT2D eigenvalue weighted by atomic mass is 10.1. The molecule has 0 aromatic heterocycles. The van der Waals surface area contributed by atoms with Crippen LogP contribution < -0.4 is 4.74 Å². The van der Waals surface area contributed by atoms with Gasteiger partial charge in [-0.05, 0) is 12.1 Å². The van der Waals surface area contributed by atoms with Crippen LogP contribution in [0.25, 0.3) is 0 Å². The van der Waals surface area contributed by atoms with E-state index in [2.05, 4.69) is 0 Å². The Morgan fingerprint density at radius 2 is 2.13 bits per heavy atom. The minimum atomic E-state index is -0.0774. The highest BCUT2D eigenvalue weighted by atomic mass is 16.5. The van der Waals surface area contributed by atoms with E-state index in [9.17, 15) is 4.79 Å². The maximum absolute atomic E-state index is 11.1. The van der Waals surface area contributed by atoms with Gasteiger partial charge < -0.3 is 9.47 Å². The summed E-state index contributed by atoms with van der Waals surface area (Å²) in [6, 6.07) is 9.56. The number of ketones is 1. The van der Waals surface area contributed by atoms with Crippen molar-refractivity contribution >= 4 is 5.78 Å². The molecule has 1 aromatic carbocycles. The minimum absolute atomic E-state index is 0.0774. The second-order valence-corrected chi connectivity index (χ2v) is 3.61. The molecule has 0 saturated carbocycles. The molecule has 1 heterocycles. The predicted octanol–water partition coefficient (Wildman–Crippen LogP) is 1.81. The zero-order valence-corrected chi connectivity index (χ0v) is 8.52. The number of carbonyl (C=O) groups excluding carboxylic acids is 1. The van der Waals surface area contributed by atoms with Crippen LogP contribution in [0, 0.1) is 0 Å². The summed E-state index contributed by atoms with van der Waals surface area (Å²) >= 11 is 0. The second-order valence-electron chi connectivity index (χ2n) is 3.61. The molecular weight excluding hydrogens is 192 g/mol. The molecule has 1 unspecified atom stereocenters. The number of carbonyl (C=O) groups is 1. The van der Waals surface area contributed by atoms with Crippen LogP contribution in [-0.4, -0.2) is 25.1 Å². The van der Waals surface area contributed by atoms with Gasteiger partial charge in [-0.25, -0.2) is 0 Å². The first-order valence-electron chi connectivity index (χ1n) is 5.16. The molecule has 2 rings (SSSR count). The summed E-state index contributed by atoms with van der Waals surface area (Å²) in [5.74, 6) is 1.09. The van der Waals surface area contributed by atoms with Gasteiger partial charge in [0, 0.05) is 12.8 Å². The first-order valence-corrected chi connectivity index (χ1v) is 5.16. The van der Waals surface area contributed by atoms with Gasteiger partial charge >= 0.3 is 0 Å². The monoisotopic (exact) mass is 206 g/mol. The van der Waals surface area contributed by atoms with E-state index in [4.69, 9.17) is 9.47 Å². The molecule has 1 atom stereocenters. The molecule has 15 heavy (non-hydrogen) atoms. The van der Waals surface area contributed by atoms with Crippen LogP contribution in [0.15, 0.2) is 30.3 Å². The predicted molar refractivity (Wildman–Crippen MR) is 55.9 cm³/mol. The Kier molecular flexibility index (Phi) is 3.35. The van der Waals surface area contributed by atoms with Crippen LogP contribution in [0.1, 0.15) is 12.8 Å². The maximum atomic E-state index is 11.1. The molecule has 1 fully saturated rings. The van der Waals surface area contributed by atoms with Gasteiger partial charge in [0.25, 0.3) is 0 Å². The Hall–Kier alpha value is -1.35. The molecule has 80 valence electrons. The van der Waals surface area contributed by atoms with Gasteiger partial charge in [-0.2, -0.15) is 0 Å². The zero-order chi connectivity index (χ0) is 10.5. The Labute approximate surface area is 89.0 Å². The van der Waals surface area contributed by atoms with Crippen molar-refractivity contribution in [1.82, 2.24) is 0 Å². The molecule has 0 spiro atoms. The molecule has 0 radical (unpaired) electrons. The van der Waals surface area contributed by atoms with Crippen LogP contribution in [0.5, 0.6) is 5.75 Å². The summed E-state index contributed by atoms with van der Waals surface area (Å²) < 4.78 is 10.9. The molecule has 0 bridgehead atoms. The van der Waals surface area contributed by atoms with Gasteiger partial charge in [-0.3, -0.25) is 4.79 Å². The van der Waals surface area contributed by atoms with Crippen LogP contribution in [0.4, 0.5) is 0 Å². The number of hydrogen-bond acceptors (Lipinski definition) is 3. The van der Waals surface area contributed by atoms with Crippen molar-refractivity contribution in [1.29, 1.82) is 0 Å². The molecule has 0 N–H and O–H groups in total.